The van der Waals surface area contributed by atoms with Crippen molar-refractivity contribution < 1.29 is 23.5 Å². The van der Waals surface area contributed by atoms with Crippen LogP contribution in [-0.4, -0.2) is 25.6 Å². The number of nitrogens with one attached hydrogen (secondary N) is 1. The Balaban J connectivity index is 1.69. The number of carbonyl (C=O) groups is 2. The minimum atomic E-state index is -0.470. The first-order valence-electron chi connectivity index (χ1n) is 10.1. The number of carbonyl (C=O) groups excluding carboxylic acids is 2. The summed E-state index contributed by atoms with van der Waals surface area (Å²) in [5.74, 6) is -0.109. The van der Waals surface area contributed by atoms with Crippen molar-refractivity contribution >= 4 is 28.5 Å². The Morgan fingerprint density at radius 1 is 1.12 bits per heavy atom. The van der Waals surface area contributed by atoms with E-state index in [1.165, 1.54) is 7.11 Å². The van der Waals surface area contributed by atoms with Crippen molar-refractivity contribution in [2.75, 3.05) is 19.0 Å². The van der Waals surface area contributed by atoms with Crippen molar-refractivity contribution in [2.45, 2.75) is 26.7 Å². The van der Waals surface area contributed by atoms with Crippen LogP contribution in [0.15, 0.2) is 63.8 Å². The molecule has 0 aliphatic heterocycles. The van der Waals surface area contributed by atoms with Crippen LogP contribution in [0.3, 0.4) is 0 Å². The Hall–Kier alpha value is -3.87. The fraction of sp³-hybridized carbons (Fsp3) is 0.240. The molecule has 166 valence electrons. The Bertz CT molecular complexity index is 1220. The van der Waals surface area contributed by atoms with E-state index < -0.39 is 11.6 Å². The van der Waals surface area contributed by atoms with Crippen LogP contribution in [-0.2, 0) is 16.0 Å². The van der Waals surface area contributed by atoms with Crippen LogP contribution in [0.25, 0.3) is 11.0 Å². The van der Waals surface area contributed by atoms with Crippen molar-refractivity contribution in [3.05, 3.63) is 81.7 Å². The number of rotatable bonds is 8. The Morgan fingerprint density at radius 3 is 2.50 bits per heavy atom. The molecule has 1 aromatic heterocycles. The van der Waals surface area contributed by atoms with Gasteiger partial charge in [0.05, 0.1) is 12.7 Å². The van der Waals surface area contributed by atoms with Crippen LogP contribution in [0.1, 0.15) is 34.8 Å². The second kappa shape index (κ2) is 9.96. The van der Waals surface area contributed by atoms with Gasteiger partial charge in [-0.3, -0.25) is 4.79 Å². The fourth-order valence-corrected chi connectivity index (χ4v) is 3.23. The van der Waals surface area contributed by atoms with E-state index in [0.29, 0.717) is 34.8 Å². The van der Waals surface area contributed by atoms with E-state index in [2.05, 4.69) is 16.6 Å². The van der Waals surface area contributed by atoms with Crippen LogP contribution in [0, 0.1) is 6.92 Å². The molecule has 0 unspecified atom stereocenters. The molecular formula is C25H25NO6. The van der Waals surface area contributed by atoms with Gasteiger partial charge in [-0.05, 0) is 67.8 Å². The third kappa shape index (κ3) is 5.43. The Morgan fingerprint density at radius 2 is 1.84 bits per heavy atom. The number of ether oxygens (including phenoxy) is 2. The molecule has 1 amide bonds. The predicted octanol–water partition coefficient (Wildman–Crippen LogP) is 4.41. The zero-order valence-corrected chi connectivity index (χ0v) is 18.3. The van der Waals surface area contributed by atoms with Gasteiger partial charge in [-0.15, -0.1) is 0 Å². The maximum Gasteiger partial charge on any atom is 0.339 e. The van der Waals surface area contributed by atoms with E-state index in [1.54, 1.807) is 30.3 Å². The molecule has 0 aliphatic rings. The standard InChI is InChI=1S/C25H25NO6/c1-15(2)14-31-19-9-10-20-16(3)21(25(29)32-22(20)13-19)11-12-23(27)26-18-7-5-17(6-8-18)24(28)30-4/h5-10,13H,1,11-12,14H2,2-4H3,(H,26,27). The van der Waals surface area contributed by atoms with Crippen LogP contribution in [0.4, 0.5) is 5.69 Å². The molecule has 0 spiro atoms. The Kier molecular flexibility index (Phi) is 7.10. The van der Waals surface area contributed by atoms with Crippen LogP contribution < -0.4 is 15.7 Å². The van der Waals surface area contributed by atoms with Crippen molar-refractivity contribution in [3.63, 3.8) is 0 Å². The lowest BCUT2D eigenvalue weighted by molar-refractivity contribution is -0.116. The zero-order valence-electron chi connectivity index (χ0n) is 18.3. The van der Waals surface area contributed by atoms with Gasteiger partial charge in [0.1, 0.15) is 17.9 Å². The second-order valence-electron chi connectivity index (χ2n) is 7.51. The van der Waals surface area contributed by atoms with Crippen LogP contribution >= 0.6 is 0 Å². The quantitative estimate of drug-likeness (QED) is 0.320. The number of methoxy groups -OCH3 is 1. The molecule has 3 aromatic rings. The lowest BCUT2D eigenvalue weighted by Crippen LogP contribution is -2.16. The summed E-state index contributed by atoms with van der Waals surface area (Å²) in [5, 5.41) is 3.55. The highest BCUT2D eigenvalue weighted by molar-refractivity contribution is 5.93. The monoisotopic (exact) mass is 435 g/mol. The first-order valence-corrected chi connectivity index (χ1v) is 10.1. The molecule has 0 saturated heterocycles. The molecule has 7 heteroatoms. The van der Waals surface area contributed by atoms with Gasteiger partial charge in [-0.25, -0.2) is 9.59 Å². The summed E-state index contributed by atoms with van der Waals surface area (Å²) in [5.41, 5.74) is 3.03. The topological polar surface area (TPSA) is 94.8 Å². The summed E-state index contributed by atoms with van der Waals surface area (Å²) in [4.78, 5) is 36.4. The van der Waals surface area contributed by atoms with Gasteiger partial charge >= 0.3 is 11.6 Å². The van der Waals surface area contributed by atoms with E-state index in [1.807, 2.05) is 26.0 Å². The highest BCUT2D eigenvalue weighted by atomic mass is 16.5. The number of anilines is 1. The highest BCUT2D eigenvalue weighted by Crippen LogP contribution is 2.25. The van der Waals surface area contributed by atoms with Crippen molar-refractivity contribution in [1.29, 1.82) is 0 Å². The van der Waals surface area contributed by atoms with Gasteiger partial charge < -0.3 is 19.2 Å². The number of amides is 1. The van der Waals surface area contributed by atoms with E-state index in [4.69, 9.17) is 9.15 Å². The average molecular weight is 435 g/mol. The number of aryl methyl sites for hydroxylation is 1. The van der Waals surface area contributed by atoms with Gasteiger partial charge in [-0.1, -0.05) is 6.58 Å². The number of hydrogen-bond donors (Lipinski definition) is 1. The minimum absolute atomic E-state index is 0.107. The summed E-state index contributed by atoms with van der Waals surface area (Å²) in [6, 6.07) is 11.7. The summed E-state index contributed by atoms with van der Waals surface area (Å²) in [7, 11) is 1.31. The number of benzene rings is 2. The number of fused-ring (bicyclic) bond motifs is 1. The molecule has 1 N–H and O–H groups in total. The van der Waals surface area contributed by atoms with Gasteiger partial charge in [0.2, 0.25) is 5.91 Å². The minimum Gasteiger partial charge on any atom is -0.489 e. The maximum absolute atomic E-state index is 12.5. The van der Waals surface area contributed by atoms with Crippen LogP contribution in [0.2, 0.25) is 0 Å². The first-order chi connectivity index (χ1) is 15.3. The molecule has 0 bridgehead atoms. The molecule has 1 heterocycles. The third-order valence-corrected chi connectivity index (χ3v) is 4.94. The molecule has 7 nitrogen and oxygen atoms in total. The van der Waals surface area contributed by atoms with Gasteiger partial charge in [0.25, 0.3) is 0 Å². The molecule has 0 saturated carbocycles. The largest absolute Gasteiger partial charge is 0.489 e. The summed E-state index contributed by atoms with van der Waals surface area (Å²) < 4.78 is 15.7. The molecular weight excluding hydrogens is 410 g/mol. The molecule has 3 rings (SSSR count). The van der Waals surface area contributed by atoms with Gasteiger partial charge in [0.15, 0.2) is 0 Å². The maximum atomic E-state index is 12.5. The summed E-state index contributed by atoms with van der Waals surface area (Å²) in [6.07, 6.45) is 0.347. The second-order valence-corrected chi connectivity index (χ2v) is 7.51. The molecule has 0 radical (unpaired) electrons. The third-order valence-electron chi connectivity index (χ3n) is 4.94. The first kappa shape index (κ1) is 22.8. The fourth-order valence-electron chi connectivity index (χ4n) is 3.23. The van der Waals surface area contributed by atoms with E-state index >= 15 is 0 Å². The normalized spacial score (nSPS) is 10.6. The molecule has 0 aliphatic carbocycles. The lowest BCUT2D eigenvalue weighted by Gasteiger charge is -2.10. The van der Waals surface area contributed by atoms with Gasteiger partial charge in [0, 0.05) is 29.1 Å². The Labute approximate surface area is 185 Å². The van der Waals surface area contributed by atoms with Crippen molar-refractivity contribution in [1.82, 2.24) is 0 Å². The zero-order chi connectivity index (χ0) is 23.3. The lowest BCUT2D eigenvalue weighted by atomic mass is 10.0. The average Bonchev–Trinajstić information content (AvgIpc) is 2.77. The van der Waals surface area contributed by atoms with Gasteiger partial charge in [-0.2, -0.15) is 0 Å². The summed E-state index contributed by atoms with van der Waals surface area (Å²) >= 11 is 0. The van der Waals surface area contributed by atoms with Crippen molar-refractivity contribution in [3.8, 4) is 5.75 Å². The SMILES string of the molecule is C=C(C)COc1ccc2c(C)c(CCC(=O)Nc3ccc(C(=O)OC)cc3)c(=O)oc2c1. The molecule has 32 heavy (non-hydrogen) atoms. The molecule has 2 aromatic carbocycles. The van der Waals surface area contributed by atoms with Crippen LogP contribution in [0.5, 0.6) is 5.75 Å². The number of hydrogen-bond acceptors (Lipinski definition) is 6. The van der Waals surface area contributed by atoms with E-state index in [0.717, 1.165) is 16.5 Å². The van der Waals surface area contributed by atoms with E-state index in [-0.39, 0.29) is 18.7 Å². The molecule has 0 atom stereocenters. The molecule has 0 fully saturated rings. The number of esters is 1. The summed E-state index contributed by atoms with van der Waals surface area (Å²) in [6.45, 7) is 7.89. The van der Waals surface area contributed by atoms with E-state index in [9.17, 15) is 14.4 Å². The highest BCUT2D eigenvalue weighted by Gasteiger charge is 2.14. The van der Waals surface area contributed by atoms with Crippen molar-refractivity contribution in [2.24, 2.45) is 0 Å². The smallest absolute Gasteiger partial charge is 0.339 e. The predicted molar refractivity (Wildman–Crippen MR) is 122 cm³/mol.